The number of nitrogens with zero attached hydrogens (tertiary/aromatic N) is 1. The van der Waals surface area contributed by atoms with Gasteiger partial charge in [-0.15, -0.1) is 11.3 Å². The molecule has 0 saturated carbocycles. The van der Waals surface area contributed by atoms with Gasteiger partial charge in [-0.25, -0.2) is 4.98 Å². The van der Waals surface area contributed by atoms with Gasteiger partial charge in [-0.05, 0) is 18.6 Å². The Morgan fingerprint density at radius 3 is 3.14 bits per heavy atom. The third-order valence-corrected chi connectivity index (χ3v) is 2.88. The molecule has 0 atom stereocenters. The third kappa shape index (κ3) is 2.02. The second kappa shape index (κ2) is 4.39. The van der Waals surface area contributed by atoms with Gasteiger partial charge in [-0.2, -0.15) is 0 Å². The number of aromatic amines is 1. The van der Waals surface area contributed by atoms with E-state index in [0.717, 1.165) is 29.2 Å². The van der Waals surface area contributed by atoms with E-state index in [-0.39, 0.29) is 6.61 Å². The molecule has 2 aromatic rings. The van der Waals surface area contributed by atoms with Crippen LogP contribution in [0, 0.1) is 0 Å². The molecular weight excluding hydrogens is 196 g/mol. The quantitative estimate of drug-likeness (QED) is 0.808. The Labute approximate surface area is 86.4 Å². The first kappa shape index (κ1) is 9.43. The number of aryl methyl sites for hydroxylation is 1. The van der Waals surface area contributed by atoms with Crippen LogP contribution >= 0.6 is 11.3 Å². The van der Waals surface area contributed by atoms with Crippen molar-refractivity contribution in [3.8, 4) is 11.4 Å². The SMILES string of the molecule is OCCCc1nc(-c2ccc[nH]2)cs1. The highest BCUT2D eigenvalue weighted by Crippen LogP contribution is 2.20. The lowest BCUT2D eigenvalue weighted by Crippen LogP contribution is -1.88. The van der Waals surface area contributed by atoms with E-state index in [2.05, 4.69) is 9.97 Å². The summed E-state index contributed by atoms with van der Waals surface area (Å²) in [5.74, 6) is 0. The topological polar surface area (TPSA) is 48.9 Å². The average Bonchev–Trinajstić information content (AvgIpc) is 2.85. The fourth-order valence-corrected chi connectivity index (χ4v) is 2.11. The Morgan fingerprint density at radius 1 is 1.50 bits per heavy atom. The Balaban J connectivity index is 2.10. The van der Waals surface area contributed by atoms with Gasteiger partial charge < -0.3 is 10.1 Å². The van der Waals surface area contributed by atoms with Gasteiger partial charge in [-0.1, -0.05) is 0 Å². The zero-order chi connectivity index (χ0) is 9.80. The van der Waals surface area contributed by atoms with E-state index in [0.29, 0.717) is 0 Å². The van der Waals surface area contributed by atoms with Gasteiger partial charge in [-0.3, -0.25) is 0 Å². The molecule has 0 unspecified atom stereocenters. The summed E-state index contributed by atoms with van der Waals surface area (Å²) in [5.41, 5.74) is 2.05. The molecule has 0 saturated heterocycles. The highest BCUT2D eigenvalue weighted by atomic mass is 32.1. The van der Waals surface area contributed by atoms with Crippen LogP contribution in [-0.4, -0.2) is 21.7 Å². The summed E-state index contributed by atoms with van der Waals surface area (Å²) in [6.45, 7) is 0.234. The van der Waals surface area contributed by atoms with Crippen molar-refractivity contribution in [1.82, 2.24) is 9.97 Å². The van der Waals surface area contributed by atoms with E-state index < -0.39 is 0 Å². The van der Waals surface area contributed by atoms with Gasteiger partial charge in [0.05, 0.1) is 16.4 Å². The average molecular weight is 208 g/mol. The first-order valence-corrected chi connectivity index (χ1v) is 5.47. The van der Waals surface area contributed by atoms with Crippen molar-refractivity contribution in [3.05, 3.63) is 28.7 Å². The summed E-state index contributed by atoms with van der Waals surface area (Å²) in [5, 5.41) is 11.8. The van der Waals surface area contributed by atoms with Crippen molar-refractivity contribution in [3.63, 3.8) is 0 Å². The summed E-state index contributed by atoms with van der Waals surface area (Å²) in [6, 6.07) is 3.97. The number of thiazole rings is 1. The standard InChI is InChI=1S/C10H12N2OS/c13-6-2-4-10-12-9(7-14-10)8-3-1-5-11-8/h1,3,5,7,11,13H,2,4,6H2. The smallest absolute Gasteiger partial charge is 0.0976 e. The molecule has 2 heterocycles. The van der Waals surface area contributed by atoms with Crippen molar-refractivity contribution in [1.29, 1.82) is 0 Å². The van der Waals surface area contributed by atoms with Gasteiger partial charge in [0.15, 0.2) is 0 Å². The lowest BCUT2D eigenvalue weighted by molar-refractivity contribution is 0.288. The monoisotopic (exact) mass is 208 g/mol. The molecule has 2 rings (SSSR count). The van der Waals surface area contributed by atoms with E-state index in [9.17, 15) is 0 Å². The van der Waals surface area contributed by atoms with Crippen LogP contribution in [0.4, 0.5) is 0 Å². The predicted octanol–water partition coefficient (Wildman–Crippen LogP) is 2.06. The molecule has 0 bridgehead atoms. The van der Waals surface area contributed by atoms with Crippen molar-refractivity contribution >= 4 is 11.3 Å². The van der Waals surface area contributed by atoms with E-state index >= 15 is 0 Å². The molecule has 14 heavy (non-hydrogen) atoms. The van der Waals surface area contributed by atoms with Crippen LogP contribution < -0.4 is 0 Å². The Bertz CT molecular complexity index is 380. The molecule has 0 amide bonds. The minimum absolute atomic E-state index is 0.234. The maximum absolute atomic E-state index is 8.69. The van der Waals surface area contributed by atoms with Gasteiger partial charge >= 0.3 is 0 Å². The number of aromatic nitrogens is 2. The van der Waals surface area contributed by atoms with Gasteiger partial charge in [0.1, 0.15) is 0 Å². The van der Waals surface area contributed by atoms with E-state index in [4.69, 9.17) is 5.11 Å². The van der Waals surface area contributed by atoms with E-state index in [1.54, 1.807) is 11.3 Å². The fraction of sp³-hybridized carbons (Fsp3) is 0.300. The maximum atomic E-state index is 8.69. The van der Waals surface area contributed by atoms with Gasteiger partial charge in [0.2, 0.25) is 0 Å². The molecular formula is C10H12N2OS. The normalized spacial score (nSPS) is 10.6. The minimum atomic E-state index is 0.234. The Morgan fingerprint density at radius 2 is 2.43 bits per heavy atom. The molecule has 0 aliphatic heterocycles. The maximum Gasteiger partial charge on any atom is 0.0976 e. The second-order valence-electron chi connectivity index (χ2n) is 3.04. The highest BCUT2D eigenvalue weighted by molar-refractivity contribution is 7.09. The highest BCUT2D eigenvalue weighted by Gasteiger charge is 2.03. The van der Waals surface area contributed by atoms with Gasteiger partial charge in [0.25, 0.3) is 0 Å². The van der Waals surface area contributed by atoms with Crippen molar-refractivity contribution < 1.29 is 5.11 Å². The lowest BCUT2D eigenvalue weighted by Gasteiger charge is -1.91. The van der Waals surface area contributed by atoms with E-state index in [1.807, 2.05) is 23.7 Å². The van der Waals surface area contributed by atoms with Crippen LogP contribution in [0.1, 0.15) is 11.4 Å². The number of hydrogen-bond acceptors (Lipinski definition) is 3. The van der Waals surface area contributed by atoms with Crippen LogP contribution in [-0.2, 0) is 6.42 Å². The Hall–Kier alpha value is -1.13. The van der Waals surface area contributed by atoms with Crippen LogP contribution in [0.2, 0.25) is 0 Å². The molecule has 0 fully saturated rings. The van der Waals surface area contributed by atoms with Gasteiger partial charge in [0, 0.05) is 24.6 Å². The van der Waals surface area contributed by atoms with Crippen molar-refractivity contribution in [2.45, 2.75) is 12.8 Å². The molecule has 0 aliphatic rings. The number of rotatable bonds is 4. The van der Waals surface area contributed by atoms with Crippen molar-refractivity contribution in [2.24, 2.45) is 0 Å². The summed E-state index contributed by atoms with van der Waals surface area (Å²) in [4.78, 5) is 7.58. The molecule has 0 aromatic carbocycles. The first-order chi connectivity index (χ1) is 6.90. The summed E-state index contributed by atoms with van der Waals surface area (Å²) >= 11 is 1.65. The molecule has 2 N–H and O–H groups in total. The molecule has 74 valence electrons. The number of aliphatic hydroxyl groups is 1. The third-order valence-electron chi connectivity index (χ3n) is 1.97. The molecule has 2 aromatic heterocycles. The molecule has 0 aliphatic carbocycles. The Kier molecular flexibility index (Phi) is 2.96. The number of H-pyrrole nitrogens is 1. The van der Waals surface area contributed by atoms with E-state index in [1.165, 1.54) is 0 Å². The zero-order valence-electron chi connectivity index (χ0n) is 7.73. The van der Waals surface area contributed by atoms with Crippen LogP contribution in [0.25, 0.3) is 11.4 Å². The molecule has 0 radical (unpaired) electrons. The summed E-state index contributed by atoms with van der Waals surface area (Å²) < 4.78 is 0. The van der Waals surface area contributed by atoms with Crippen LogP contribution in [0.3, 0.4) is 0 Å². The van der Waals surface area contributed by atoms with Crippen molar-refractivity contribution in [2.75, 3.05) is 6.61 Å². The lowest BCUT2D eigenvalue weighted by atomic mass is 10.3. The largest absolute Gasteiger partial charge is 0.396 e. The molecule has 0 spiro atoms. The number of nitrogens with one attached hydrogen (secondary N) is 1. The minimum Gasteiger partial charge on any atom is -0.396 e. The second-order valence-corrected chi connectivity index (χ2v) is 3.98. The van der Waals surface area contributed by atoms with Crippen LogP contribution in [0.15, 0.2) is 23.7 Å². The summed E-state index contributed by atoms with van der Waals surface area (Å²) in [7, 11) is 0. The first-order valence-electron chi connectivity index (χ1n) is 4.59. The molecule has 3 nitrogen and oxygen atoms in total. The zero-order valence-corrected chi connectivity index (χ0v) is 8.55. The summed E-state index contributed by atoms with van der Waals surface area (Å²) in [6.07, 6.45) is 3.54. The number of aliphatic hydroxyl groups excluding tert-OH is 1. The molecule has 4 heteroatoms. The fourth-order valence-electron chi connectivity index (χ4n) is 1.27. The van der Waals surface area contributed by atoms with Crippen LogP contribution in [0.5, 0.6) is 0 Å². The predicted molar refractivity (Wildman–Crippen MR) is 57.3 cm³/mol. The number of hydrogen-bond donors (Lipinski definition) is 2.